The van der Waals surface area contributed by atoms with Crippen LogP contribution in [0.2, 0.25) is 0 Å². The van der Waals surface area contributed by atoms with Gasteiger partial charge in [-0.15, -0.1) is 0 Å². The van der Waals surface area contributed by atoms with Crippen LogP contribution in [0.15, 0.2) is 17.5 Å². The van der Waals surface area contributed by atoms with Crippen LogP contribution in [-0.4, -0.2) is 26.9 Å². The molecular weight excluding hydrogens is 194 g/mol. The lowest BCUT2D eigenvalue weighted by Gasteiger charge is -2.14. The lowest BCUT2D eigenvalue weighted by atomic mass is 10.2. The van der Waals surface area contributed by atoms with Gasteiger partial charge in [0.15, 0.2) is 5.84 Å². The molecule has 4 N–H and O–H groups in total. The number of nitrogens with two attached hydrogens (primary N) is 1. The topological polar surface area (TPSA) is 88.5 Å². The van der Waals surface area contributed by atoms with Crippen molar-refractivity contribution in [3.05, 3.63) is 18.0 Å². The fraction of sp³-hybridized carbons (Fsp3) is 0.556. The lowest BCUT2D eigenvalue weighted by molar-refractivity contribution is 0.314. The fourth-order valence-electron chi connectivity index (χ4n) is 1.33. The molecule has 1 aromatic rings. The zero-order valence-corrected chi connectivity index (χ0v) is 9.01. The standard InChI is InChI=1S/C9H17N5O/c1-3-8(9(10)13-15)11-4-7-5-12-14(2)6-7/h5-6,8,11,15H,3-4H2,1-2H3,(H2,10,13). The van der Waals surface area contributed by atoms with Crippen LogP contribution in [-0.2, 0) is 13.6 Å². The molecule has 0 aliphatic carbocycles. The largest absolute Gasteiger partial charge is 0.409 e. The average Bonchev–Trinajstić information content (AvgIpc) is 2.64. The molecule has 1 heterocycles. The van der Waals surface area contributed by atoms with E-state index in [0.717, 1.165) is 12.0 Å². The summed E-state index contributed by atoms with van der Waals surface area (Å²) in [6.45, 7) is 2.63. The molecule has 1 unspecified atom stereocenters. The van der Waals surface area contributed by atoms with E-state index in [1.807, 2.05) is 20.2 Å². The minimum Gasteiger partial charge on any atom is -0.409 e. The molecule has 15 heavy (non-hydrogen) atoms. The number of aryl methyl sites for hydroxylation is 1. The first-order valence-electron chi connectivity index (χ1n) is 4.85. The molecular formula is C9H17N5O. The molecule has 1 rings (SSSR count). The number of aromatic nitrogens is 2. The third-order valence-corrected chi connectivity index (χ3v) is 2.19. The zero-order chi connectivity index (χ0) is 11.3. The Hall–Kier alpha value is -1.56. The SMILES string of the molecule is CCC(NCc1cnn(C)c1)C(N)=NO. The third-order valence-electron chi connectivity index (χ3n) is 2.19. The molecule has 84 valence electrons. The van der Waals surface area contributed by atoms with E-state index < -0.39 is 0 Å². The predicted octanol–water partition coefficient (Wildman–Crippen LogP) is 0.0347. The summed E-state index contributed by atoms with van der Waals surface area (Å²) in [5, 5.41) is 18.8. The van der Waals surface area contributed by atoms with Crippen molar-refractivity contribution in [1.82, 2.24) is 15.1 Å². The van der Waals surface area contributed by atoms with Gasteiger partial charge in [0.05, 0.1) is 12.2 Å². The van der Waals surface area contributed by atoms with Gasteiger partial charge in [0.25, 0.3) is 0 Å². The molecule has 0 radical (unpaired) electrons. The summed E-state index contributed by atoms with van der Waals surface area (Å²) in [6.07, 6.45) is 4.48. The second-order valence-electron chi connectivity index (χ2n) is 3.39. The molecule has 1 atom stereocenters. The van der Waals surface area contributed by atoms with Crippen molar-refractivity contribution in [3.63, 3.8) is 0 Å². The molecule has 0 spiro atoms. The van der Waals surface area contributed by atoms with E-state index in [2.05, 4.69) is 15.6 Å². The first-order valence-corrected chi connectivity index (χ1v) is 4.85. The molecule has 0 amide bonds. The van der Waals surface area contributed by atoms with Gasteiger partial charge in [0.2, 0.25) is 0 Å². The van der Waals surface area contributed by atoms with Gasteiger partial charge in [-0.25, -0.2) is 0 Å². The van der Waals surface area contributed by atoms with Crippen LogP contribution in [0.3, 0.4) is 0 Å². The molecule has 0 fully saturated rings. The average molecular weight is 211 g/mol. The highest BCUT2D eigenvalue weighted by molar-refractivity contribution is 5.85. The highest BCUT2D eigenvalue weighted by Crippen LogP contribution is 1.98. The van der Waals surface area contributed by atoms with E-state index in [1.54, 1.807) is 10.9 Å². The van der Waals surface area contributed by atoms with E-state index in [0.29, 0.717) is 6.54 Å². The Kier molecular flexibility index (Phi) is 4.11. The molecule has 0 aromatic carbocycles. The van der Waals surface area contributed by atoms with Gasteiger partial charge in [-0.3, -0.25) is 4.68 Å². The molecule has 1 aromatic heterocycles. The second kappa shape index (κ2) is 5.35. The van der Waals surface area contributed by atoms with Crippen molar-refractivity contribution in [2.75, 3.05) is 0 Å². The van der Waals surface area contributed by atoms with Crippen molar-refractivity contribution in [3.8, 4) is 0 Å². The van der Waals surface area contributed by atoms with Crippen molar-refractivity contribution in [2.24, 2.45) is 17.9 Å². The summed E-state index contributed by atoms with van der Waals surface area (Å²) < 4.78 is 1.74. The van der Waals surface area contributed by atoms with E-state index in [4.69, 9.17) is 10.9 Å². The van der Waals surface area contributed by atoms with Crippen LogP contribution in [0, 0.1) is 0 Å². The summed E-state index contributed by atoms with van der Waals surface area (Å²) in [7, 11) is 1.87. The van der Waals surface area contributed by atoms with Crippen LogP contribution in [0.1, 0.15) is 18.9 Å². The van der Waals surface area contributed by atoms with E-state index >= 15 is 0 Å². The smallest absolute Gasteiger partial charge is 0.156 e. The lowest BCUT2D eigenvalue weighted by Crippen LogP contribution is -2.40. The Labute approximate surface area is 88.8 Å². The monoisotopic (exact) mass is 211 g/mol. The van der Waals surface area contributed by atoms with Crippen LogP contribution < -0.4 is 11.1 Å². The predicted molar refractivity (Wildman–Crippen MR) is 57.5 cm³/mol. The maximum Gasteiger partial charge on any atom is 0.156 e. The third kappa shape index (κ3) is 3.25. The van der Waals surface area contributed by atoms with Gasteiger partial charge in [-0.2, -0.15) is 5.10 Å². The number of oxime groups is 1. The highest BCUT2D eigenvalue weighted by Gasteiger charge is 2.10. The Morgan fingerprint density at radius 3 is 3.00 bits per heavy atom. The number of hydrogen-bond donors (Lipinski definition) is 3. The van der Waals surface area contributed by atoms with E-state index in [1.165, 1.54) is 0 Å². The van der Waals surface area contributed by atoms with Gasteiger partial charge in [0.1, 0.15) is 0 Å². The molecule has 0 saturated carbocycles. The maximum atomic E-state index is 8.54. The van der Waals surface area contributed by atoms with Crippen molar-refractivity contribution in [1.29, 1.82) is 0 Å². The molecule has 0 aliphatic heterocycles. The number of nitrogens with zero attached hydrogens (tertiary/aromatic N) is 3. The number of rotatable bonds is 5. The van der Waals surface area contributed by atoms with Crippen molar-refractivity contribution in [2.45, 2.75) is 25.9 Å². The summed E-state index contributed by atoms with van der Waals surface area (Å²) in [6, 6.07) is -0.102. The van der Waals surface area contributed by atoms with Crippen LogP contribution in [0.4, 0.5) is 0 Å². The van der Waals surface area contributed by atoms with Gasteiger partial charge >= 0.3 is 0 Å². The number of hydrogen-bond acceptors (Lipinski definition) is 4. The fourth-order valence-corrected chi connectivity index (χ4v) is 1.33. The minimum absolute atomic E-state index is 0.102. The highest BCUT2D eigenvalue weighted by atomic mass is 16.4. The van der Waals surface area contributed by atoms with Crippen LogP contribution in [0.5, 0.6) is 0 Å². The van der Waals surface area contributed by atoms with Gasteiger partial charge in [0, 0.05) is 25.4 Å². The molecule has 0 aliphatic rings. The van der Waals surface area contributed by atoms with Crippen molar-refractivity contribution < 1.29 is 5.21 Å². The first kappa shape index (κ1) is 11.5. The quantitative estimate of drug-likeness (QED) is 0.277. The minimum atomic E-state index is -0.102. The molecule has 0 saturated heterocycles. The Bertz CT molecular complexity index is 333. The van der Waals surface area contributed by atoms with E-state index in [-0.39, 0.29) is 11.9 Å². The maximum absolute atomic E-state index is 8.54. The Morgan fingerprint density at radius 2 is 2.53 bits per heavy atom. The normalized spacial score (nSPS) is 14.1. The second-order valence-corrected chi connectivity index (χ2v) is 3.39. The summed E-state index contributed by atoms with van der Waals surface area (Å²) in [4.78, 5) is 0. The van der Waals surface area contributed by atoms with Crippen LogP contribution in [0.25, 0.3) is 0 Å². The van der Waals surface area contributed by atoms with Gasteiger partial charge < -0.3 is 16.3 Å². The first-order chi connectivity index (χ1) is 7.17. The Morgan fingerprint density at radius 1 is 1.80 bits per heavy atom. The van der Waals surface area contributed by atoms with Gasteiger partial charge in [-0.1, -0.05) is 12.1 Å². The van der Waals surface area contributed by atoms with Gasteiger partial charge in [-0.05, 0) is 6.42 Å². The zero-order valence-electron chi connectivity index (χ0n) is 9.01. The summed E-state index contributed by atoms with van der Waals surface area (Å²) in [5.74, 6) is 0.210. The summed E-state index contributed by atoms with van der Waals surface area (Å²) >= 11 is 0. The molecule has 6 heteroatoms. The molecule has 6 nitrogen and oxygen atoms in total. The summed E-state index contributed by atoms with van der Waals surface area (Å²) in [5.41, 5.74) is 6.58. The van der Waals surface area contributed by atoms with Crippen LogP contribution >= 0.6 is 0 Å². The number of nitrogens with one attached hydrogen (secondary N) is 1. The van der Waals surface area contributed by atoms with Crippen molar-refractivity contribution >= 4 is 5.84 Å². The van der Waals surface area contributed by atoms with E-state index in [9.17, 15) is 0 Å². The molecule has 0 bridgehead atoms. The number of amidine groups is 1. The Balaban J connectivity index is 2.48.